The Bertz CT molecular complexity index is 988. The molecule has 1 N–H and O–H groups in total. The van der Waals surface area contributed by atoms with E-state index < -0.39 is 40.0 Å². The van der Waals surface area contributed by atoms with Crippen LogP contribution in [0.25, 0.3) is 21.9 Å². The van der Waals surface area contributed by atoms with Gasteiger partial charge >= 0.3 is 22.1 Å². The van der Waals surface area contributed by atoms with Gasteiger partial charge in [-0.2, -0.15) is 26.3 Å². The van der Waals surface area contributed by atoms with Crippen LogP contribution in [0.4, 0.5) is 26.3 Å². The lowest BCUT2D eigenvalue weighted by atomic mass is 10.2. The maximum Gasteiger partial charge on any atom is 0.508 e. The molecule has 3 aromatic rings. The average Bonchev–Trinajstić information content (AvgIpc) is 2.89. The zero-order valence-electron chi connectivity index (χ0n) is 12.0. The van der Waals surface area contributed by atoms with Gasteiger partial charge in [0.05, 0.1) is 17.1 Å². The second kappa shape index (κ2) is 6.50. The van der Waals surface area contributed by atoms with Crippen LogP contribution in [0.3, 0.4) is 0 Å². The molecule has 0 aromatic carbocycles. The van der Waals surface area contributed by atoms with Crippen LogP contribution in [-0.2, 0) is 11.1 Å². The lowest BCUT2D eigenvalue weighted by Crippen LogP contribution is -2.21. The molecule has 1 unspecified atom stereocenters. The van der Waals surface area contributed by atoms with E-state index in [2.05, 4.69) is 23.3 Å². The van der Waals surface area contributed by atoms with E-state index in [1.165, 1.54) is 6.20 Å². The summed E-state index contributed by atoms with van der Waals surface area (Å²) in [5.74, 6) is -0.856. The minimum Gasteiger partial charge on any atom is -0.416 e. The summed E-state index contributed by atoms with van der Waals surface area (Å²) in [4.78, 5) is 10.2. The number of pyridine rings is 2. The van der Waals surface area contributed by atoms with E-state index >= 15 is 0 Å². The lowest BCUT2D eigenvalue weighted by Gasteiger charge is -2.08. The van der Waals surface area contributed by atoms with E-state index in [0.29, 0.717) is 0 Å². The van der Waals surface area contributed by atoms with Crippen molar-refractivity contribution < 1.29 is 38.9 Å². The van der Waals surface area contributed by atoms with Crippen LogP contribution in [0.1, 0.15) is 0 Å². The van der Waals surface area contributed by atoms with Crippen molar-refractivity contribution >= 4 is 45.1 Å². The van der Waals surface area contributed by atoms with Gasteiger partial charge in [-0.15, -0.1) is 0 Å². The fourth-order valence-electron chi connectivity index (χ4n) is 2.00. The van der Waals surface area contributed by atoms with E-state index in [1.54, 1.807) is 0 Å². The minimum absolute atomic E-state index is 0.0734. The molecule has 0 aliphatic carbocycles. The molecule has 0 amide bonds. The number of alkyl halides is 6. The van der Waals surface area contributed by atoms with Crippen molar-refractivity contribution in [2.45, 2.75) is 11.0 Å². The molecule has 0 aliphatic rings. The summed E-state index contributed by atoms with van der Waals surface area (Å²) in [5, 5.41) is 0.208. The van der Waals surface area contributed by atoms with Gasteiger partial charge in [-0.25, -0.2) is 14.2 Å². The van der Waals surface area contributed by atoms with Crippen molar-refractivity contribution in [3.05, 3.63) is 24.5 Å². The van der Waals surface area contributed by atoms with Crippen molar-refractivity contribution in [2.75, 3.05) is 0 Å². The summed E-state index contributed by atoms with van der Waals surface area (Å²) in [6.07, 6.45) is 2.26. The summed E-state index contributed by atoms with van der Waals surface area (Å²) < 4.78 is 93.9. The third-order valence-corrected chi connectivity index (χ3v) is 4.04. The first-order chi connectivity index (χ1) is 12.0. The average molecular weight is 417 g/mol. The van der Waals surface area contributed by atoms with Crippen LogP contribution < -0.4 is 8.37 Å². The second-order valence-electron chi connectivity index (χ2n) is 4.60. The standard InChI is InChI=1S/C12H5F6N3O3S2/c13-11(14,15)25-23-7-1-2-19-10-9(7)5-3-8(20-4-6(5)21-10)24-26(22)12(16,17)18/h1-4H,(H,19,21). The van der Waals surface area contributed by atoms with Gasteiger partial charge in [0.2, 0.25) is 5.88 Å². The Balaban J connectivity index is 2.04. The zero-order chi connectivity index (χ0) is 19.1. The van der Waals surface area contributed by atoms with E-state index in [0.717, 1.165) is 18.3 Å². The molecular formula is C12H5F6N3O3S2. The largest absolute Gasteiger partial charge is 0.508 e. The normalized spacial score (nSPS) is 13.9. The molecule has 3 aromatic heterocycles. The molecule has 0 aliphatic heterocycles. The van der Waals surface area contributed by atoms with Crippen molar-refractivity contribution in [2.24, 2.45) is 0 Å². The molecule has 3 rings (SSSR count). The van der Waals surface area contributed by atoms with Crippen LogP contribution >= 0.6 is 12.0 Å². The van der Waals surface area contributed by atoms with Gasteiger partial charge in [0.15, 0.2) is 17.8 Å². The van der Waals surface area contributed by atoms with Crippen molar-refractivity contribution in [3.8, 4) is 11.6 Å². The molecule has 14 heteroatoms. The first-order valence-corrected chi connectivity index (χ1v) is 8.22. The molecule has 0 saturated carbocycles. The highest BCUT2D eigenvalue weighted by molar-refractivity contribution is 7.95. The van der Waals surface area contributed by atoms with Crippen molar-refractivity contribution in [3.63, 3.8) is 0 Å². The van der Waals surface area contributed by atoms with Gasteiger partial charge in [0.1, 0.15) is 5.65 Å². The molecule has 140 valence electrons. The molecule has 3 heterocycles. The number of fused-ring (bicyclic) bond motifs is 3. The smallest absolute Gasteiger partial charge is 0.416 e. The predicted octanol–water partition coefficient (Wildman–Crippen LogP) is 4.22. The second-order valence-corrected chi connectivity index (χ2v) is 6.50. The third-order valence-electron chi connectivity index (χ3n) is 2.89. The van der Waals surface area contributed by atoms with Gasteiger partial charge in [0.25, 0.3) is 0 Å². The highest BCUT2D eigenvalue weighted by Gasteiger charge is 2.40. The topological polar surface area (TPSA) is 77.1 Å². The predicted molar refractivity (Wildman–Crippen MR) is 80.5 cm³/mol. The summed E-state index contributed by atoms with van der Waals surface area (Å²) >= 11 is -4.40. The number of halogens is 6. The van der Waals surface area contributed by atoms with Crippen LogP contribution in [-0.4, -0.2) is 30.2 Å². The number of nitrogens with one attached hydrogen (secondary N) is 1. The number of nitrogens with zero attached hydrogens (tertiary/aromatic N) is 2. The van der Waals surface area contributed by atoms with Crippen LogP contribution in [0.15, 0.2) is 24.5 Å². The SMILES string of the molecule is O=S(Oc1cc2c(cn1)[nH]c1nccc(OSC(F)(F)F)c12)C(F)(F)F. The van der Waals surface area contributed by atoms with Crippen LogP contribution in [0, 0.1) is 0 Å². The molecule has 26 heavy (non-hydrogen) atoms. The monoisotopic (exact) mass is 417 g/mol. The highest BCUT2D eigenvalue weighted by Crippen LogP contribution is 2.38. The first-order valence-electron chi connectivity index (χ1n) is 6.40. The summed E-state index contributed by atoms with van der Waals surface area (Å²) in [6.45, 7) is 0. The molecule has 0 radical (unpaired) electrons. The number of rotatable bonds is 4. The molecule has 0 bridgehead atoms. The Morgan fingerprint density at radius 1 is 1.15 bits per heavy atom. The van der Waals surface area contributed by atoms with E-state index in [1.807, 2.05) is 0 Å². The van der Waals surface area contributed by atoms with Gasteiger partial charge in [-0.05, 0) is 0 Å². The Labute approximate surface area is 146 Å². The van der Waals surface area contributed by atoms with Gasteiger partial charge in [-0.1, -0.05) is 0 Å². The summed E-state index contributed by atoms with van der Waals surface area (Å²) in [5.41, 5.74) is -9.40. The Hall–Kier alpha value is -2.22. The van der Waals surface area contributed by atoms with E-state index in [-0.39, 0.29) is 27.7 Å². The van der Waals surface area contributed by atoms with Gasteiger partial charge in [-0.3, -0.25) is 0 Å². The first kappa shape index (κ1) is 18.6. The molecule has 1 atom stereocenters. The summed E-state index contributed by atoms with van der Waals surface area (Å²) in [6, 6.07) is 2.15. The fourth-order valence-corrected chi connectivity index (χ4v) is 2.67. The maximum atomic E-state index is 12.3. The Kier molecular flexibility index (Phi) is 4.64. The summed E-state index contributed by atoms with van der Waals surface area (Å²) in [7, 11) is 0. The Morgan fingerprint density at radius 2 is 1.88 bits per heavy atom. The van der Waals surface area contributed by atoms with E-state index in [9.17, 15) is 30.6 Å². The molecule has 0 saturated heterocycles. The molecule has 0 spiro atoms. The van der Waals surface area contributed by atoms with Crippen LogP contribution in [0.2, 0.25) is 0 Å². The number of H-pyrrole nitrogens is 1. The number of hydrogen-bond acceptors (Lipinski definition) is 6. The fraction of sp³-hybridized carbons (Fsp3) is 0.167. The highest BCUT2D eigenvalue weighted by atomic mass is 32.2. The van der Waals surface area contributed by atoms with E-state index in [4.69, 9.17) is 0 Å². The van der Waals surface area contributed by atoms with Gasteiger partial charge < -0.3 is 13.4 Å². The van der Waals surface area contributed by atoms with Crippen molar-refractivity contribution in [1.29, 1.82) is 0 Å². The Morgan fingerprint density at radius 3 is 2.54 bits per heavy atom. The number of hydrogen-bond donors (Lipinski definition) is 1. The quantitative estimate of drug-likeness (QED) is 0.506. The minimum atomic E-state index is -5.12. The van der Waals surface area contributed by atoms with Crippen molar-refractivity contribution in [1.82, 2.24) is 15.0 Å². The lowest BCUT2D eigenvalue weighted by molar-refractivity contribution is -0.0439. The third kappa shape index (κ3) is 3.95. The maximum absolute atomic E-state index is 12.3. The molecule has 0 fully saturated rings. The molecular weight excluding hydrogens is 412 g/mol. The van der Waals surface area contributed by atoms with Crippen LogP contribution in [0.5, 0.6) is 11.6 Å². The van der Waals surface area contributed by atoms with Gasteiger partial charge in [0, 0.05) is 23.7 Å². The molecule has 6 nitrogen and oxygen atoms in total. The number of aromatic amines is 1. The zero-order valence-corrected chi connectivity index (χ0v) is 13.6. The number of aromatic nitrogens is 3.